The van der Waals surface area contributed by atoms with Crippen molar-refractivity contribution in [3.63, 3.8) is 0 Å². The molecule has 0 aromatic heterocycles. The second-order valence-corrected chi connectivity index (χ2v) is 3.52. The normalized spacial score (nSPS) is 10.9. The zero-order chi connectivity index (χ0) is 9.52. The molecule has 0 nitrogen and oxygen atoms in total. The first-order valence-corrected chi connectivity index (χ1v) is 5.13. The summed E-state index contributed by atoms with van der Waals surface area (Å²) in [6.07, 6.45) is 6.28. The van der Waals surface area contributed by atoms with Crippen LogP contribution in [0.3, 0.4) is 0 Å². The number of hydrogen-bond acceptors (Lipinski definition) is 0. The molecule has 0 fully saturated rings. The molecule has 0 aliphatic heterocycles. The van der Waals surface area contributed by atoms with Crippen LogP contribution in [0.4, 0.5) is 0 Å². The monoisotopic (exact) mass is 194 g/mol. The van der Waals surface area contributed by atoms with Crippen molar-refractivity contribution < 1.29 is 0 Å². The van der Waals surface area contributed by atoms with Gasteiger partial charge in [-0.25, -0.2) is 0 Å². The van der Waals surface area contributed by atoms with Crippen LogP contribution in [0, 0.1) is 6.92 Å². The van der Waals surface area contributed by atoms with E-state index in [0.717, 1.165) is 12.8 Å². The van der Waals surface area contributed by atoms with Gasteiger partial charge in [-0.2, -0.15) is 0 Å². The van der Waals surface area contributed by atoms with Crippen LogP contribution >= 0.6 is 11.6 Å². The molecular formula is C12H15Cl. The molecule has 0 aliphatic carbocycles. The third kappa shape index (κ3) is 4.14. The van der Waals surface area contributed by atoms with Gasteiger partial charge < -0.3 is 0 Å². The molecule has 0 saturated heterocycles. The first-order valence-electron chi connectivity index (χ1n) is 4.59. The SMILES string of the molecule is Cc1ccc(CC=CCCCl)cc1. The Morgan fingerprint density at radius 2 is 1.85 bits per heavy atom. The average molecular weight is 195 g/mol. The number of benzene rings is 1. The van der Waals surface area contributed by atoms with Crippen molar-refractivity contribution in [2.45, 2.75) is 19.8 Å². The fourth-order valence-corrected chi connectivity index (χ4v) is 1.25. The van der Waals surface area contributed by atoms with Gasteiger partial charge in [-0.15, -0.1) is 11.6 Å². The molecule has 0 saturated carbocycles. The van der Waals surface area contributed by atoms with Crippen molar-refractivity contribution in [2.24, 2.45) is 0 Å². The van der Waals surface area contributed by atoms with Crippen LogP contribution in [0.25, 0.3) is 0 Å². The van der Waals surface area contributed by atoms with Crippen LogP contribution < -0.4 is 0 Å². The van der Waals surface area contributed by atoms with Crippen LogP contribution in [0.5, 0.6) is 0 Å². The summed E-state index contributed by atoms with van der Waals surface area (Å²) in [5, 5.41) is 0. The minimum atomic E-state index is 0.713. The molecule has 1 rings (SSSR count). The summed E-state index contributed by atoms with van der Waals surface area (Å²) >= 11 is 5.55. The summed E-state index contributed by atoms with van der Waals surface area (Å²) < 4.78 is 0. The van der Waals surface area contributed by atoms with Gasteiger partial charge in [0.15, 0.2) is 0 Å². The van der Waals surface area contributed by atoms with Gasteiger partial charge in [-0.05, 0) is 25.3 Å². The summed E-state index contributed by atoms with van der Waals surface area (Å²) in [5.41, 5.74) is 2.67. The molecule has 0 heterocycles. The Morgan fingerprint density at radius 3 is 2.46 bits per heavy atom. The van der Waals surface area contributed by atoms with Crippen LogP contribution in [-0.2, 0) is 6.42 Å². The van der Waals surface area contributed by atoms with Crippen molar-refractivity contribution in [2.75, 3.05) is 5.88 Å². The van der Waals surface area contributed by atoms with Crippen LogP contribution in [0.1, 0.15) is 17.5 Å². The number of alkyl halides is 1. The summed E-state index contributed by atoms with van der Waals surface area (Å²) in [7, 11) is 0. The Morgan fingerprint density at radius 1 is 1.15 bits per heavy atom. The highest BCUT2D eigenvalue weighted by Crippen LogP contribution is 2.04. The van der Waals surface area contributed by atoms with E-state index >= 15 is 0 Å². The van der Waals surface area contributed by atoms with Gasteiger partial charge >= 0.3 is 0 Å². The Kier molecular flexibility index (Phi) is 4.63. The molecule has 0 aliphatic rings. The molecule has 1 aromatic carbocycles. The lowest BCUT2D eigenvalue weighted by Gasteiger charge is -1.96. The van der Waals surface area contributed by atoms with Gasteiger partial charge in [0.05, 0.1) is 0 Å². The maximum absolute atomic E-state index is 5.55. The van der Waals surface area contributed by atoms with Crippen molar-refractivity contribution >= 4 is 11.6 Å². The van der Waals surface area contributed by atoms with Crippen LogP contribution in [-0.4, -0.2) is 5.88 Å². The maximum atomic E-state index is 5.55. The predicted octanol–water partition coefficient (Wildman–Crippen LogP) is 3.72. The lowest BCUT2D eigenvalue weighted by atomic mass is 10.1. The van der Waals surface area contributed by atoms with E-state index < -0.39 is 0 Å². The number of hydrogen-bond donors (Lipinski definition) is 0. The second-order valence-electron chi connectivity index (χ2n) is 3.14. The lowest BCUT2D eigenvalue weighted by Crippen LogP contribution is -1.80. The maximum Gasteiger partial charge on any atom is 0.0258 e. The molecule has 1 aromatic rings. The number of allylic oxidation sites excluding steroid dienone is 2. The van der Waals surface area contributed by atoms with E-state index in [0.29, 0.717) is 5.88 Å². The molecule has 0 N–H and O–H groups in total. The average Bonchev–Trinajstić information content (AvgIpc) is 2.15. The van der Waals surface area contributed by atoms with Gasteiger partial charge in [0.25, 0.3) is 0 Å². The molecular weight excluding hydrogens is 180 g/mol. The molecule has 0 amide bonds. The van der Waals surface area contributed by atoms with E-state index in [1.54, 1.807) is 0 Å². The van der Waals surface area contributed by atoms with Crippen molar-refractivity contribution in [1.82, 2.24) is 0 Å². The minimum Gasteiger partial charge on any atom is -0.126 e. The van der Waals surface area contributed by atoms with E-state index in [4.69, 9.17) is 11.6 Å². The minimum absolute atomic E-state index is 0.713. The first kappa shape index (κ1) is 10.3. The van der Waals surface area contributed by atoms with Crippen LogP contribution in [0.15, 0.2) is 36.4 Å². The number of halogens is 1. The number of aryl methyl sites for hydroxylation is 1. The highest BCUT2D eigenvalue weighted by atomic mass is 35.5. The Bertz CT molecular complexity index is 259. The van der Waals surface area contributed by atoms with Gasteiger partial charge in [0, 0.05) is 5.88 Å². The predicted molar refractivity (Wildman–Crippen MR) is 59.4 cm³/mol. The highest BCUT2D eigenvalue weighted by molar-refractivity contribution is 6.17. The smallest absolute Gasteiger partial charge is 0.0258 e. The van der Waals surface area contributed by atoms with Gasteiger partial charge in [-0.3, -0.25) is 0 Å². The third-order valence-corrected chi connectivity index (χ3v) is 2.13. The fraction of sp³-hybridized carbons (Fsp3) is 0.333. The van der Waals surface area contributed by atoms with Gasteiger partial charge in [0.1, 0.15) is 0 Å². The zero-order valence-electron chi connectivity index (χ0n) is 7.96. The van der Waals surface area contributed by atoms with E-state index in [9.17, 15) is 0 Å². The molecule has 70 valence electrons. The third-order valence-electron chi connectivity index (χ3n) is 1.92. The summed E-state index contributed by atoms with van der Waals surface area (Å²) in [6, 6.07) is 8.62. The molecule has 0 unspecified atom stereocenters. The topological polar surface area (TPSA) is 0 Å². The Balaban J connectivity index is 2.41. The van der Waals surface area contributed by atoms with E-state index in [1.807, 2.05) is 0 Å². The standard InChI is InChI=1S/C12H15Cl/c1-11-6-8-12(9-7-11)5-3-2-4-10-13/h2-3,6-9H,4-5,10H2,1H3. The number of rotatable bonds is 4. The quantitative estimate of drug-likeness (QED) is 0.506. The van der Waals surface area contributed by atoms with Crippen molar-refractivity contribution in [3.8, 4) is 0 Å². The van der Waals surface area contributed by atoms with E-state index in [2.05, 4.69) is 43.3 Å². The molecule has 13 heavy (non-hydrogen) atoms. The Hall–Kier alpha value is -0.750. The lowest BCUT2D eigenvalue weighted by molar-refractivity contribution is 1.18. The van der Waals surface area contributed by atoms with Crippen molar-refractivity contribution in [1.29, 1.82) is 0 Å². The molecule has 0 atom stereocenters. The zero-order valence-corrected chi connectivity index (χ0v) is 8.72. The van der Waals surface area contributed by atoms with Crippen LogP contribution in [0.2, 0.25) is 0 Å². The largest absolute Gasteiger partial charge is 0.126 e. The van der Waals surface area contributed by atoms with E-state index in [-0.39, 0.29) is 0 Å². The molecule has 0 spiro atoms. The van der Waals surface area contributed by atoms with Gasteiger partial charge in [0.2, 0.25) is 0 Å². The molecule has 0 bridgehead atoms. The summed E-state index contributed by atoms with van der Waals surface area (Å²) in [6.45, 7) is 2.10. The summed E-state index contributed by atoms with van der Waals surface area (Å²) in [4.78, 5) is 0. The van der Waals surface area contributed by atoms with Crippen molar-refractivity contribution in [3.05, 3.63) is 47.5 Å². The molecule has 0 radical (unpaired) electrons. The summed E-state index contributed by atoms with van der Waals surface area (Å²) in [5.74, 6) is 0.713. The first-order chi connectivity index (χ1) is 6.33. The highest BCUT2D eigenvalue weighted by Gasteiger charge is 1.87. The molecule has 1 heteroatoms. The van der Waals surface area contributed by atoms with Gasteiger partial charge in [-0.1, -0.05) is 42.0 Å². The van der Waals surface area contributed by atoms with E-state index in [1.165, 1.54) is 11.1 Å². The Labute approximate surface area is 85.2 Å². The second kappa shape index (κ2) is 5.82. The fourth-order valence-electron chi connectivity index (χ4n) is 1.12.